The molecule has 2 aliphatic rings. The first-order valence-electron chi connectivity index (χ1n) is 9.20. The molecule has 0 saturated carbocycles. The molecule has 1 saturated heterocycles. The largest absolute Gasteiger partial charge is 0.486 e. The molecule has 138 valence electrons. The van der Waals surface area contributed by atoms with Gasteiger partial charge < -0.3 is 14.8 Å². The monoisotopic (exact) mass is 372 g/mol. The molecule has 1 fully saturated rings. The van der Waals surface area contributed by atoms with Crippen molar-refractivity contribution in [3.63, 3.8) is 0 Å². The summed E-state index contributed by atoms with van der Waals surface area (Å²) in [6, 6.07) is 9.68. The molecule has 1 aromatic carbocycles. The molecule has 1 unspecified atom stereocenters. The van der Waals surface area contributed by atoms with Gasteiger partial charge in [0, 0.05) is 30.1 Å². The molecular formula is C20H24N2O3S. The number of hydrogen-bond acceptors (Lipinski definition) is 5. The molecule has 0 aliphatic carbocycles. The lowest BCUT2D eigenvalue weighted by Gasteiger charge is -2.32. The van der Waals surface area contributed by atoms with Gasteiger partial charge in [-0.05, 0) is 54.9 Å². The van der Waals surface area contributed by atoms with Crippen molar-refractivity contribution in [2.75, 3.05) is 32.8 Å². The maximum absolute atomic E-state index is 12.5. The summed E-state index contributed by atoms with van der Waals surface area (Å²) in [4.78, 5) is 16.4. The third kappa shape index (κ3) is 4.19. The average molecular weight is 372 g/mol. The van der Waals surface area contributed by atoms with Crippen LogP contribution in [0.2, 0.25) is 0 Å². The van der Waals surface area contributed by atoms with Crippen LogP contribution in [0.25, 0.3) is 0 Å². The third-order valence-electron chi connectivity index (χ3n) is 4.92. The van der Waals surface area contributed by atoms with Crippen LogP contribution in [0, 0.1) is 5.92 Å². The summed E-state index contributed by atoms with van der Waals surface area (Å²) < 4.78 is 11.1. The molecule has 1 N–H and O–H groups in total. The van der Waals surface area contributed by atoms with Crippen molar-refractivity contribution in [1.29, 1.82) is 0 Å². The summed E-state index contributed by atoms with van der Waals surface area (Å²) in [6.45, 7) is 5.00. The van der Waals surface area contributed by atoms with Crippen LogP contribution in [0.15, 0.2) is 35.7 Å². The van der Waals surface area contributed by atoms with E-state index < -0.39 is 0 Å². The van der Waals surface area contributed by atoms with Crippen molar-refractivity contribution >= 4 is 17.2 Å². The Bertz CT molecular complexity index is 748. The second kappa shape index (κ2) is 8.10. The molecule has 1 aromatic heterocycles. The van der Waals surface area contributed by atoms with Crippen LogP contribution in [0.4, 0.5) is 0 Å². The van der Waals surface area contributed by atoms with Gasteiger partial charge in [-0.15, -0.1) is 11.3 Å². The number of hydrogen-bond donors (Lipinski definition) is 1. The van der Waals surface area contributed by atoms with E-state index in [9.17, 15) is 4.79 Å². The summed E-state index contributed by atoms with van der Waals surface area (Å²) in [6.07, 6.45) is 2.36. The van der Waals surface area contributed by atoms with Crippen LogP contribution < -0.4 is 14.8 Å². The van der Waals surface area contributed by atoms with Gasteiger partial charge in [0.25, 0.3) is 5.91 Å². The molecule has 2 aliphatic heterocycles. The Balaban J connectivity index is 1.29. The van der Waals surface area contributed by atoms with Crippen molar-refractivity contribution in [2.45, 2.75) is 19.4 Å². The maximum Gasteiger partial charge on any atom is 0.251 e. The zero-order chi connectivity index (χ0) is 17.8. The third-order valence-corrected chi connectivity index (χ3v) is 5.78. The fraction of sp³-hybridized carbons (Fsp3) is 0.450. The summed E-state index contributed by atoms with van der Waals surface area (Å²) in [5, 5.41) is 5.22. The minimum absolute atomic E-state index is 0.0441. The highest BCUT2D eigenvalue weighted by Crippen LogP contribution is 2.30. The molecule has 2 aromatic rings. The minimum atomic E-state index is -0.0441. The highest BCUT2D eigenvalue weighted by molar-refractivity contribution is 7.09. The van der Waals surface area contributed by atoms with E-state index in [4.69, 9.17) is 9.47 Å². The highest BCUT2D eigenvalue weighted by Gasteiger charge is 2.21. The Hall–Kier alpha value is -2.05. The number of benzene rings is 1. The normalized spacial score (nSPS) is 19.9. The van der Waals surface area contributed by atoms with Crippen LogP contribution in [-0.2, 0) is 6.54 Å². The Morgan fingerprint density at radius 3 is 2.96 bits per heavy atom. The SMILES string of the molecule is O=C(NCC1CCCN(Cc2cccs2)C1)c1ccc2c(c1)OCCO2. The van der Waals surface area contributed by atoms with Gasteiger partial charge in [-0.3, -0.25) is 9.69 Å². The van der Waals surface area contributed by atoms with Crippen LogP contribution in [0.3, 0.4) is 0 Å². The fourth-order valence-electron chi connectivity index (χ4n) is 3.61. The first-order chi connectivity index (χ1) is 12.8. The summed E-state index contributed by atoms with van der Waals surface area (Å²) in [5.74, 6) is 1.83. The summed E-state index contributed by atoms with van der Waals surface area (Å²) >= 11 is 1.81. The second-order valence-corrected chi connectivity index (χ2v) is 7.92. The van der Waals surface area contributed by atoms with Gasteiger partial charge in [0.05, 0.1) is 0 Å². The molecule has 5 nitrogen and oxygen atoms in total. The molecule has 26 heavy (non-hydrogen) atoms. The lowest BCUT2D eigenvalue weighted by molar-refractivity contribution is 0.0929. The zero-order valence-corrected chi connectivity index (χ0v) is 15.6. The van der Waals surface area contributed by atoms with E-state index in [1.165, 1.54) is 17.7 Å². The number of carbonyl (C=O) groups is 1. The first kappa shape index (κ1) is 17.4. The number of ether oxygens (including phenoxy) is 2. The van der Waals surface area contributed by atoms with Gasteiger partial charge in [-0.1, -0.05) is 6.07 Å². The van der Waals surface area contributed by atoms with Crippen molar-refractivity contribution < 1.29 is 14.3 Å². The van der Waals surface area contributed by atoms with E-state index in [-0.39, 0.29) is 5.91 Å². The Morgan fingerprint density at radius 2 is 2.12 bits per heavy atom. The number of carbonyl (C=O) groups excluding carboxylic acids is 1. The number of nitrogens with zero attached hydrogens (tertiary/aromatic N) is 1. The molecule has 0 spiro atoms. The van der Waals surface area contributed by atoms with Gasteiger partial charge in [-0.25, -0.2) is 0 Å². The van der Waals surface area contributed by atoms with E-state index in [1.807, 2.05) is 17.4 Å². The van der Waals surface area contributed by atoms with Gasteiger partial charge in [0.15, 0.2) is 11.5 Å². The summed E-state index contributed by atoms with van der Waals surface area (Å²) in [7, 11) is 0. The molecule has 0 bridgehead atoms. The Labute approximate surface area is 157 Å². The smallest absolute Gasteiger partial charge is 0.251 e. The lowest BCUT2D eigenvalue weighted by atomic mass is 9.97. The second-order valence-electron chi connectivity index (χ2n) is 6.89. The van der Waals surface area contributed by atoms with E-state index in [2.05, 4.69) is 27.7 Å². The number of piperidine rings is 1. The van der Waals surface area contributed by atoms with Gasteiger partial charge in [0.2, 0.25) is 0 Å². The number of thiophene rings is 1. The van der Waals surface area contributed by atoms with Gasteiger partial charge in [-0.2, -0.15) is 0 Å². The van der Waals surface area contributed by atoms with Crippen LogP contribution in [0.1, 0.15) is 28.1 Å². The molecule has 4 rings (SSSR count). The predicted octanol–water partition coefficient (Wildman–Crippen LogP) is 3.16. The van der Waals surface area contributed by atoms with Crippen LogP contribution in [-0.4, -0.2) is 43.7 Å². The molecule has 1 atom stereocenters. The van der Waals surface area contributed by atoms with Crippen molar-refractivity contribution in [1.82, 2.24) is 10.2 Å². The molecule has 0 radical (unpaired) electrons. The van der Waals surface area contributed by atoms with E-state index >= 15 is 0 Å². The average Bonchev–Trinajstić information content (AvgIpc) is 3.19. The van der Waals surface area contributed by atoms with Crippen molar-refractivity contribution in [2.24, 2.45) is 5.92 Å². The Morgan fingerprint density at radius 1 is 1.23 bits per heavy atom. The van der Waals surface area contributed by atoms with E-state index in [0.717, 1.165) is 19.6 Å². The first-order valence-corrected chi connectivity index (χ1v) is 10.1. The zero-order valence-electron chi connectivity index (χ0n) is 14.8. The number of likely N-dealkylation sites (tertiary alicyclic amines) is 1. The molecule has 1 amide bonds. The highest BCUT2D eigenvalue weighted by atomic mass is 32.1. The predicted molar refractivity (Wildman–Crippen MR) is 102 cm³/mol. The van der Waals surface area contributed by atoms with E-state index in [1.54, 1.807) is 12.1 Å². The molecule has 3 heterocycles. The standard InChI is InChI=1S/C20H24N2O3S/c23-20(16-5-6-18-19(11-16)25-9-8-24-18)21-12-15-3-1-7-22(13-15)14-17-4-2-10-26-17/h2,4-6,10-11,15H,1,3,7-9,12-14H2,(H,21,23). The van der Waals surface area contributed by atoms with E-state index in [0.29, 0.717) is 42.7 Å². The number of nitrogens with one attached hydrogen (secondary N) is 1. The van der Waals surface area contributed by atoms with Gasteiger partial charge >= 0.3 is 0 Å². The summed E-state index contributed by atoms with van der Waals surface area (Å²) in [5.41, 5.74) is 0.625. The maximum atomic E-state index is 12.5. The quantitative estimate of drug-likeness (QED) is 0.876. The van der Waals surface area contributed by atoms with Crippen LogP contribution >= 0.6 is 11.3 Å². The molecular weight excluding hydrogens is 348 g/mol. The lowest BCUT2D eigenvalue weighted by Crippen LogP contribution is -2.40. The van der Waals surface area contributed by atoms with Gasteiger partial charge in [0.1, 0.15) is 13.2 Å². The molecule has 6 heteroatoms. The number of rotatable bonds is 5. The van der Waals surface area contributed by atoms with Crippen LogP contribution in [0.5, 0.6) is 11.5 Å². The van der Waals surface area contributed by atoms with Crippen molar-refractivity contribution in [3.05, 3.63) is 46.2 Å². The number of fused-ring (bicyclic) bond motifs is 1. The van der Waals surface area contributed by atoms with Crippen molar-refractivity contribution in [3.8, 4) is 11.5 Å². The Kier molecular flexibility index (Phi) is 5.41. The fourth-order valence-corrected chi connectivity index (χ4v) is 4.35. The topological polar surface area (TPSA) is 50.8 Å². The minimum Gasteiger partial charge on any atom is -0.486 e. The number of amides is 1.